The number of hydrogen-bond donors (Lipinski definition) is 0. The third-order valence-corrected chi connectivity index (χ3v) is 3.37. The number of hydrogen-bond acceptors (Lipinski definition) is 3. The average molecular weight is 269 g/mol. The Labute approximate surface area is 112 Å². The fourth-order valence-corrected chi connectivity index (χ4v) is 1.69. The number of ketones is 1. The minimum atomic E-state index is -0.548. The van der Waals surface area contributed by atoms with Gasteiger partial charge in [-0.25, -0.2) is 4.79 Å². The summed E-state index contributed by atoms with van der Waals surface area (Å²) in [5.74, 6) is -0.630. The largest absolute Gasteiger partial charge is 0.465 e. The summed E-state index contributed by atoms with van der Waals surface area (Å²) in [5.41, 5.74) is 0.0611. The van der Waals surface area contributed by atoms with Gasteiger partial charge in [-0.2, -0.15) is 0 Å². The zero-order chi connectivity index (χ0) is 13.9. The number of halogens is 1. The molecule has 0 heterocycles. The molecule has 1 aromatic carbocycles. The van der Waals surface area contributed by atoms with E-state index >= 15 is 0 Å². The number of ether oxygens (including phenoxy) is 1. The average Bonchev–Trinajstić information content (AvgIpc) is 2.36. The van der Waals surface area contributed by atoms with Crippen molar-refractivity contribution in [3.63, 3.8) is 0 Å². The molecule has 0 saturated carbocycles. The fraction of sp³-hybridized carbons (Fsp3) is 0.429. The molecule has 0 amide bonds. The van der Waals surface area contributed by atoms with Crippen molar-refractivity contribution in [2.75, 3.05) is 7.11 Å². The molecule has 0 bridgehead atoms. The van der Waals surface area contributed by atoms with Crippen molar-refractivity contribution >= 4 is 23.4 Å². The number of carbonyl (C=O) groups is 2. The second kappa shape index (κ2) is 5.53. The Kier molecular flexibility index (Phi) is 4.52. The van der Waals surface area contributed by atoms with E-state index in [-0.39, 0.29) is 11.3 Å². The van der Waals surface area contributed by atoms with E-state index in [1.165, 1.54) is 13.2 Å². The van der Waals surface area contributed by atoms with E-state index in [1.807, 2.05) is 20.8 Å². The number of methoxy groups -OCH3 is 1. The highest BCUT2D eigenvalue weighted by atomic mass is 35.5. The van der Waals surface area contributed by atoms with E-state index in [9.17, 15) is 9.59 Å². The van der Waals surface area contributed by atoms with E-state index < -0.39 is 11.4 Å². The van der Waals surface area contributed by atoms with Crippen LogP contribution in [0.1, 0.15) is 47.9 Å². The van der Waals surface area contributed by atoms with Gasteiger partial charge in [-0.05, 0) is 24.6 Å². The standard InChI is InChI=1S/C14H17ClO3/c1-5-14(2,3)12(16)10-7-6-9(15)8-11(10)13(17)18-4/h6-8H,5H2,1-4H3. The van der Waals surface area contributed by atoms with Crippen molar-refractivity contribution in [1.29, 1.82) is 0 Å². The first-order valence-electron chi connectivity index (χ1n) is 5.76. The summed E-state index contributed by atoms with van der Waals surface area (Å²) in [6.07, 6.45) is 0.690. The molecule has 1 rings (SSSR count). The van der Waals surface area contributed by atoms with Crippen LogP contribution in [0.4, 0.5) is 0 Å². The molecule has 4 heteroatoms. The van der Waals surface area contributed by atoms with Crippen LogP contribution in [0, 0.1) is 5.41 Å². The highest BCUT2D eigenvalue weighted by Gasteiger charge is 2.30. The quantitative estimate of drug-likeness (QED) is 0.617. The zero-order valence-electron chi connectivity index (χ0n) is 11.0. The molecule has 0 saturated heterocycles. The summed E-state index contributed by atoms with van der Waals surface area (Å²) in [4.78, 5) is 24.1. The van der Waals surface area contributed by atoms with Gasteiger partial charge >= 0.3 is 5.97 Å². The van der Waals surface area contributed by atoms with Crippen LogP contribution in [0.2, 0.25) is 5.02 Å². The Bertz CT molecular complexity index is 478. The predicted molar refractivity (Wildman–Crippen MR) is 71.2 cm³/mol. The van der Waals surface area contributed by atoms with Crippen LogP contribution in [0.25, 0.3) is 0 Å². The maximum atomic E-state index is 12.4. The molecule has 0 spiro atoms. The third-order valence-electron chi connectivity index (χ3n) is 3.13. The molecule has 0 aliphatic heterocycles. The summed E-state index contributed by atoms with van der Waals surface area (Å²) < 4.78 is 4.68. The third kappa shape index (κ3) is 2.91. The van der Waals surface area contributed by atoms with E-state index in [0.717, 1.165) is 0 Å². The molecular weight excluding hydrogens is 252 g/mol. The van der Waals surface area contributed by atoms with Crippen LogP contribution in [-0.2, 0) is 4.74 Å². The minimum absolute atomic E-state index is 0.0814. The van der Waals surface area contributed by atoms with Crippen LogP contribution in [0.5, 0.6) is 0 Å². The zero-order valence-corrected chi connectivity index (χ0v) is 11.8. The molecule has 3 nitrogen and oxygen atoms in total. The molecule has 1 aromatic rings. The summed E-state index contributed by atoms with van der Waals surface area (Å²) in [5, 5.41) is 0.404. The first-order valence-corrected chi connectivity index (χ1v) is 6.14. The molecule has 0 radical (unpaired) electrons. The molecule has 0 unspecified atom stereocenters. The normalized spacial score (nSPS) is 11.2. The van der Waals surface area contributed by atoms with Crippen molar-refractivity contribution in [1.82, 2.24) is 0 Å². The van der Waals surface area contributed by atoms with E-state index in [1.54, 1.807) is 12.1 Å². The molecular formula is C14H17ClO3. The fourth-order valence-electron chi connectivity index (χ4n) is 1.52. The molecule has 98 valence electrons. The van der Waals surface area contributed by atoms with Gasteiger partial charge in [0.2, 0.25) is 0 Å². The molecule has 0 aliphatic carbocycles. The van der Waals surface area contributed by atoms with Gasteiger partial charge in [0.1, 0.15) is 0 Å². The van der Waals surface area contributed by atoms with Gasteiger partial charge in [-0.3, -0.25) is 4.79 Å². The monoisotopic (exact) mass is 268 g/mol. The van der Waals surface area contributed by atoms with Crippen LogP contribution < -0.4 is 0 Å². The van der Waals surface area contributed by atoms with Crippen molar-refractivity contribution in [3.8, 4) is 0 Å². The van der Waals surface area contributed by atoms with Crippen LogP contribution >= 0.6 is 11.6 Å². The smallest absolute Gasteiger partial charge is 0.338 e. The predicted octanol–water partition coefficient (Wildman–Crippen LogP) is 3.75. The highest BCUT2D eigenvalue weighted by Crippen LogP contribution is 2.28. The molecule has 0 atom stereocenters. The minimum Gasteiger partial charge on any atom is -0.465 e. The lowest BCUT2D eigenvalue weighted by Gasteiger charge is -2.22. The summed E-state index contributed by atoms with van der Waals surface area (Å²) >= 11 is 5.85. The number of Topliss-reactive ketones (excluding diaryl/α,β-unsaturated/α-hetero) is 1. The second-order valence-corrected chi connectivity index (χ2v) is 5.18. The molecule has 0 aliphatic rings. The van der Waals surface area contributed by atoms with Crippen molar-refractivity contribution in [3.05, 3.63) is 34.3 Å². The number of rotatable bonds is 4. The molecule has 18 heavy (non-hydrogen) atoms. The SMILES string of the molecule is CCC(C)(C)C(=O)c1ccc(Cl)cc1C(=O)OC. The topological polar surface area (TPSA) is 43.4 Å². The van der Waals surface area contributed by atoms with E-state index in [4.69, 9.17) is 11.6 Å². The number of carbonyl (C=O) groups excluding carboxylic acids is 2. The lowest BCUT2D eigenvalue weighted by atomic mass is 9.80. The number of benzene rings is 1. The van der Waals surface area contributed by atoms with Crippen LogP contribution in [0.3, 0.4) is 0 Å². The van der Waals surface area contributed by atoms with Crippen LogP contribution in [0.15, 0.2) is 18.2 Å². The van der Waals surface area contributed by atoms with Gasteiger partial charge in [0.05, 0.1) is 12.7 Å². The maximum Gasteiger partial charge on any atom is 0.338 e. The van der Waals surface area contributed by atoms with Gasteiger partial charge in [-0.15, -0.1) is 0 Å². The van der Waals surface area contributed by atoms with Gasteiger partial charge in [0, 0.05) is 16.0 Å². The first-order chi connectivity index (χ1) is 8.33. The van der Waals surface area contributed by atoms with Gasteiger partial charge < -0.3 is 4.74 Å². The van der Waals surface area contributed by atoms with E-state index in [2.05, 4.69) is 4.74 Å². The lowest BCUT2D eigenvalue weighted by molar-refractivity contribution is 0.0594. The number of esters is 1. The summed E-state index contributed by atoms with van der Waals surface area (Å²) in [6.45, 7) is 5.64. The highest BCUT2D eigenvalue weighted by molar-refractivity contribution is 6.31. The Morgan fingerprint density at radius 2 is 1.89 bits per heavy atom. The van der Waals surface area contributed by atoms with Crippen molar-refractivity contribution in [2.24, 2.45) is 5.41 Å². The second-order valence-electron chi connectivity index (χ2n) is 4.75. The van der Waals surface area contributed by atoms with Crippen molar-refractivity contribution in [2.45, 2.75) is 27.2 Å². The molecule has 0 N–H and O–H groups in total. The lowest BCUT2D eigenvalue weighted by Crippen LogP contribution is -2.25. The Hall–Kier alpha value is -1.35. The van der Waals surface area contributed by atoms with Gasteiger partial charge in [0.25, 0.3) is 0 Å². The van der Waals surface area contributed by atoms with Gasteiger partial charge in [-0.1, -0.05) is 32.4 Å². The Morgan fingerprint density at radius 3 is 2.39 bits per heavy atom. The summed E-state index contributed by atoms with van der Waals surface area (Å²) in [7, 11) is 1.28. The molecule has 0 fully saturated rings. The van der Waals surface area contributed by atoms with Crippen LogP contribution in [-0.4, -0.2) is 18.9 Å². The Morgan fingerprint density at radius 1 is 1.28 bits per heavy atom. The molecule has 0 aromatic heterocycles. The summed E-state index contributed by atoms with van der Waals surface area (Å²) in [6, 6.07) is 4.65. The van der Waals surface area contributed by atoms with Gasteiger partial charge in [0.15, 0.2) is 5.78 Å². The maximum absolute atomic E-state index is 12.4. The Balaban J connectivity index is 3.33. The van der Waals surface area contributed by atoms with E-state index in [0.29, 0.717) is 17.0 Å². The first kappa shape index (κ1) is 14.7. The van der Waals surface area contributed by atoms with Crippen molar-refractivity contribution < 1.29 is 14.3 Å².